The maximum atomic E-state index is 13.8. The van der Waals surface area contributed by atoms with Gasteiger partial charge in [-0.05, 0) is 37.5 Å². The molecule has 1 aliphatic rings. The number of benzene rings is 1. The summed E-state index contributed by atoms with van der Waals surface area (Å²) in [6, 6.07) is 4.24. The molecule has 0 aromatic heterocycles. The van der Waals surface area contributed by atoms with E-state index >= 15 is 0 Å². The molecular formula is C19H27FN2O3. The fourth-order valence-electron chi connectivity index (χ4n) is 3.22. The molecule has 5 nitrogen and oxygen atoms in total. The van der Waals surface area contributed by atoms with E-state index in [4.69, 9.17) is 4.74 Å². The molecule has 1 aliphatic heterocycles. The lowest BCUT2D eigenvalue weighted by molar-refractivity contribution is -0.135. The van der Waals surface area contributed by atoms with Gasteiger partial charge in [-0.3, -0.25) is 9.59 Å². The predicted molar refractivity (Wildman–Crippen MR) is 94.1 cm³/mol. The summed E-state index contributed by atoms with van der Waals surface area (Å²) in [5.41, 5.74) is 0.304. The lowest BCUT2D eigenvalue weighted by atomic mass is 10.0. The second-order valence-electron chi connectivity index (χ2n) is 6.33. The van der Waals surface area contributed by atoms with Gasteiger partial charge < -0.3 is 14.5 Å². The van der Waals surface area contributed by atoms with Crippen molar-refractivity contribution >= 4 is 11.8 Å². The molecule has 25 heavy (non-hydrogen) atoms. The number of nitrogens with zero attached hydrogens (tertiary/aromatic N) is 2. The average molecular weight is 350 g/mol. The van der Waals surface area contributed by atoms with Crippen molar-refractivity contribution in [3.05, 3.63) is 29.6 Å². The van der Waals surface area contributed by atoms with Crippen LogP contribution < -0.4 is 4.74 Å². The van der Waals surface area contributed by atoms with Gasteiger partial charge in [0.1, 0.15) is 0 Å². The van der Waals surface area contributed by atoms with Gasteiger partial charge in [0.2, 0.25) is 5.91 Å². The van der Waals surface area contributed by atoms with Crippen LogP contribution in [0.5, 0.6) is 5.75 Å². The van der Waals surface area contributed by atoms with Crippen LogP contribution in [0.15, 0.2) is 18.2 Å². The van der Waals surface area contributed by atoms with E-state index in [1.165, 1.54) is 19.2 Å². The van der Waals surface area contributed by atoms with Crippen LogP contribution in [0, 0.1) is 11.7 Å². The first-order valence-electron chi connectivity index (χ1n) is 8.93. The van der Waals surface area contributed by atoms with Crippen molar-refractivity contribution < 1.29 is 18.7 Å². The first kappa shape index (κ1) is 19.2. The summed E-state index contributed by atoms with van der Waals surface area (Å²) < 4.78 is 18.7. The second kappa shape index (κ2) is 8.83. The Labute approximate surface area is 148 Å². The molecule has 2 amide bonds. The molecule has 1 heterocycles. The zero-order chi connectivity index (χ0) is 18.4. The third-order valence-corrected chi connectivity index (χ3v) is 4.83. The topological polar surface area (TPSA) is 49.9 Å². The van der Waals surface area contributed by atoms with Crippen molar-refractivity contribution in [2.45, 2.75) is 33.1 Å². The fourth-order valence-corrected chi connectivity index (χ4v) is 3.22. The van der Waals surface area contributed by atoms with E-state index in [1.54, 1.807) is 11.0 Å². The molecule has 0 spiro atoms. The molecule has 0 saturated carbocycles. The number of carbonyl (C=O) groups is 2. The van der Waals surface area contributed by atoms with Crippen LogP contribution in [-0.2, 0) is 4.79 Å². The number of halogens is 1. The smallest absolute Gasteiger partial charge is 0.254 e. The molecule has 2 rings (SSSR count). The van der Waals surface area contributed by atoms with E-state index < -0.39 is 5.82 Å². The molecule has 0 N–H and O–H groups in total. The van der Waals surface area contributed by atoms with Gasteiger partial charge in [0, 0.05) is 37.7 Å². The average Bonchev–Trinajstić information content (AvgIpc) is 2.88. The van der Waals surface area contributed by atoms with Crippen molar-refractivity contribution in [3.63, 3.8) is 0 Å². The molecule has 0 bridgehead atoms. The van der Waals surface area contributed by atoms with Crippen LogP contribution in [-0.4, -0.2) is 54.9 Å². The Morgan fingerprint density at radius 1 is 1.12 bits per heavy atom. The Hall–Kier alpha value is -2.11. The van der Waals surface area contributed by atoms with Crippen molar-refractivity contribution in [2.75, 3.05) is 33.3 Å². The summed E-state index contributed by atoms with van der Waals surface area (Å²) in [7, 11) is 1.39. The van der Waals surface area contributed by atoms with E-state index in [1.807, 2.05) is 18.7 Å². The number of ether oxygens (including phenoxy) is 1. The highest BCUT2D eigenvalue weighted by molar-refractivity contribution is 5.94. The minimum absolute atomic E-state index is 0.0536. The molecule has 1 fully saturated rings. The first-order valence-corrected chi connectivity index (χ1v) is 8.93. The van der Waals surface area contributed by atoms with E-state index in [2.05, 4.69) is 0 Å². The Kier molecular flexibility index (Phi) is 6.79. The van der Waals surface area contributed by atoms with Crippen LogP contribution >= 0.6 is 0 Å². The SMILES string of the molecule is CCC(CC)C(=O)N1CCCN(C(=O)c2ccc(OC)c(F)c2)CC1. The summed E-state index contributed by atoms with van der Waals surface area (Å²) in [4.78, 5) is 28.7. The molecule has 0 unspecified atom stereocenters. The van der Waals surface area contributed by atoms with Gasteiger partial charge in [-0.1, -0.05) is 13.8 Å². The van der Waals surface area contributed by atoms with E-state index in [-0.39, 0.29) is 23.5 Å². The molecule has 0 radical (unpaired) electrons. The van der Waals surface area contributed by atoms with E-state index in [0.29, 0.717) is 31.7 Å². The second-order valence-corrected chi connectivity index (χ2v) is 6.33. The van der Waals surface area contributed by atoms with Crippen molar-refractivity contribution in [2.24, 2.45) is 5.92 Å². The van der Waals surface area contributed by atoms with E-state index in [9.17, 15) is 14.0 Å². The van der Waals surface area contributed by atoms with Gasteiger partial charge in [-0.2, -0.15) is 0 Å². The van der Waals surface area contributed by atoms with Crippen LogP contribution in [0.4, 0.5) is 4.39 Å². The normalized spacial score (nSPS) is 15.2. The third-order valence-electron chi connectivity index (χ3n) is 4.83. The summed E-state index contributed by atoms with van der Waals surface area (Å²) in [6.07, 6.45) is 2.40. The molecule has 1 aromatic rings. The monoisotopic (exact) mass is 350 g/mol. The number of methoxy groups -OCH3 is 1. The van der Waals surface area contributed by atoms with Crippen LogP contribution in [0.3, 0.4) is 0 Å². The molecule has 1 saturated heterocycles. The largest absolute Gasteiger partial charge is 0.494 e. The number of amides is 2. The third kappa shape index (κ3) is 4.50. The lowest BCUT2D eigenvalue weighted by Crippen LogP contribution is -2.39. The molecule has 0 aliphatic carbocycles. The summed E-state index contributed by atoms with van der Waals surface area (Å²) in [5, 5.41) is 0. The van der Waals surface area contributed by atoms with Gasteiger partial charge in [-0.25, -0.2) is 4.39 Å². The maximum absolute atomic E-state index is 13.8. The Morgan fingerprint density at radius 2 is 1.76 bits per heavy atom. The fraction of sp³-hybridized carbons (Fsp3) is 0.579. The van der Waals surface area contributed by atoms with Crippen molar-refractivity contribution in [3.8, 4) is 5.75 Å². The van der Waals surface area contributed by atoms with Crippen LogP contribution in [0.2, 0.25) is 0 Å². The summed E-state index contributed by atoms with van der Waals surface area (Å²) in [6.45, 7) is 6.28. The number of hydrogen-bond donors (Lipinski definition) is 0. The number of rotatable bonds is 5. The van der Waals surface area contributed by atoms with Crippen LogP contribution in [0.1, 0.15) is 43.5 Å². The van der Waals surface area contributed by atoms with Gasteiger partial charge in [0.15, 0.2) is 11.6 Å². The molecule has 0 atom stereocenters. The van der Waals surface area contributed by atoms with Gasteiger partial charge in [-0.15, -0.1) is 0 Å². The highest BCUT2D eigenvalue weighted by atomic mass is 19.1. The predicted octanol–water partition coefficient (Wildman–Crippen LogP) is 2.95. The first-order chi connectivity index (χ1) is 12.0. The number of carbonyl (C=O) groups excluding carboxylic acids is 2. The van der Waals surface area contributed by atoms with Crippen LogP contribution in [0.25, 0.3) is 0 Å². The van der Waals surface area contributed by atoms with Gasteiger partial charge in [0.25, 0.3) is 5.91 Å². The summed E-state index contributed by atoms with van der Waals surface area (Å²) >= 11 is 0. The summed E-state index contributed by atoms with van der Waals surface area (Å²) in [5.74, 6) is -0.408. The Bertz CT molecular complexity index is 617. The lowest BCUT2D eigenvalue weighted by Gasteiger charge is -2.25. The quantitative estimate of drug-likeness (QED) is 0.820. The minimum atomic E-state index is -0.547. The molecule has 1 aromatic carbocycles. The zero-order valence-electron chi connectivity index (χ0n) is 15.3. The number of hydrogen-bond acceptors (Lipinski definition) is 3. The maximum Gasteiger partial charge on any atom is 0.254 e. The zero-order valence-corrected chi connectivity index (χ0v) is 15.3. The Morgan fingerprint density at radius 3 is 2.36 bits per heavy atom. The van der Waals surface area contributed by atoms with E-state index in [0.717, 1.165) is 19.3 Å². The van der Waals surface area contributed by atoms with Crippen molar-refractivity contribution in [1.29, 1.82) is 0 Å². The van der Waals surface area contributed by atoms with Gasteiger partial charge in [0.05, 0.1) is 7.11 Å². The van der Waals surface area contributed by atoms with Crippen molar-refractivity contribution in [1.82, 2.24) is 9.80 Å². The standard InChI is InChI=1S/C19H27FN2O3/c1-4-14(5-2)18(23)21-9-6-10-22(12-11-21)19(24)15-7-8-17(25-3)16(20)13-15/h7-8,13-14H,4-6,9-12H2,1-3H3. The van der Waals surface area contributed by atoms with Gasteiger partial charge >= 0.3 is 0 Å². The highest BCUT2D eigenvalue weighted by Gasteiger charge is 2.26. The highest BCUT2D eigenvalue weighted by Crippen LogP contribution is 2.20. The Balaban J connectivity index is 2.04. The molecule has 6 heteroatoms. The minimum Gasteiger partial charge on any atom is -0.494 e. The molecular weight excluding hydrogens is 323 g/mol. The molecule has 138 valence electrons.